The molecule has 0 spiro atoms. The van der Waals surface area contributed by atoms with Crippen LogP contribution in [0.5, 0.6) is 0 Å². The van der Waals surface area contributed by atoms with Gasteiger partial charge in [-0.15, -0.1) is 0 Å². The fourth-order valence-electron chi connectivity index (χ4n) is 3.36. The quantitative estimate of drug-likeness (QED) is 0.472. The molecule has 1 aliphatic heterocycles. The van der Waals surface area contributed by atoms with Crippen LogP contribution in [-0.4, -0.2) is 18.5 Å². The lowest BCUT2D eigenvalue weighted by atomic mass is 9.88. The second kappa shape index (κ2) is 7.94. The van der Waals surface area contributed by atoms with Crippen LogP contribution in [0.15, 0.2) is 48.0 Å². The number of rotatable bonds is 3. The van der Waals surface area contributed by atoms with Gasteiger partial charge in [-0.1, -0.05) is 35.3 Å². The van der Waals surface area contributed by atoms with E-state index in [4.69, 9.17) is 23.2 Å². The van der Waals surface area contributed by atoms with E-state index in [-0.39, 0.29) is 11.1 Å². The van der Waals surface area contributed by atoms with Crippen molar-refractivity contribution in [2.24, 2.45) is 0 Å². The van der Waals surface area contributed by atoms with Crippen LogP contribution in [0.4, 0.5) is 11.4 Å². The lowest BCUT2D eigenvalue weighted by Crippen LogP contribution is -2.42. The van der Waals surface area contributed by atoms with Crippen molar-refractivity contribution < 1.29 is 4.79 Å². The maximum absolute atomic E-state index is 12.6. The molecule has 0 bridgehead atoms. The number of fused-ring (bicyclic) bond motifs is 1. The molecule has 0 radical (unpaired) electrons. The Morgan fingerprint density at radius 3 is 2.59 bits per heavy atom. The lowest BCUT2D eigenvalue weighted by Gasteiger charge is -2.40. The summed E-state index contributed by atoms with van der Waals surface area (Å²) in [4.78, 5) is 14.8. The predicted octanol–water partition coefficient (Wildman–Crippen LogP) is 6.17. The molecular weight excluding hydrogens is 405 g/mol. The minimum absolute atomic E-state index is 0.0120. The number of anilines is 2. The Hall–Kier alpha value is -2.74. The highest BCUT2D eigenvalue weighted by Gasteiger charge is 2.28. The molecule has 0 aromatic heterocycles. The zero-order valence-corrected chi connectivity index (χ0v) is 18.2. The number of nitrogens with zero attached hydrogens (tertiary/aromatic N) is 2. The van der Waals surface area contributed by atoms with Crippen LogP contribution < -0.4 is 10.2 Å². The zero-order valence-electron chi connectivity index (χ0n) is 16.7. The molecule has 0 saturated heterocycles. The monoisotopic (exact) mass is 425 g/mol. The molecule has 0 fully saturated rings. The van der Waals surface area contributed by atoms with Crippen LogP contribution in [0.2, 0.25) is 10.0 Å². The molecule has 1 N–H and O–H groups in total. The van der Waals surface area contributed by atoms with Gasteiger partial charge in [-0.2, -0.15) is 5.26 Å². The first kappa shape index (κ1) is 21.0. The van der Waals surface area contributed by atoms with E-state index in [0.29, 0.717) is 15.7 Å². The largest absolute Gasteiger partial charge is 0.366 e. The van der Waals surface area contributed by atoms with Crippen LogP contribution in [0.25, 0.3) is 11.6 Å². The van der Waals surface area contributed by atoms with Crippen molar-refractivity contribution in [3.8, 4) is 6.07 Å². The fraction of sp³-hybridized carbons (Fsp3) is 0.217. The molecule has 1 aliphatic rings. The average Bonchev–Trinajstić information content (AvgIpc) is 2.66. The predicted molar refractivity (Wildman–Crippen MR) is 121 cm³/mol. The van der Waals surface area contributed by atoms with Gasteiger partial charge in [0.15, 0.2) is 0 Å². The van der Waals surface area contributed by atoms with Crippen LogP contribution in [0.1, 0.15) is 31.9 Å². The Kier molecular flexibility index (Phi) is 5.75. The maximum Gasteiger partial charge on any atom is 0.266 e. The third-order valence-corrected chi connectivity index (χ3v) is 5.64. The van der Waals surface area contributed by atoms with E-state index in [2.05, 4.69) is 44.1 Å². The van der Waals surface area contributed by atoms with Gasteiger partial charge in [0.1, 0.15) is 11.6 Å². The molecule has 3 rings (SSSR count). The average molecular weight is 426 g/mol. The fourth-order valence-corrected chi connectivity index (χ4v) is 3.82. The Morgan fingerprint density at radius 1 is 1.21 bits per heavy atom. The second-order valence-corrected chi connectivity index (χ2v) is 8.41. The number of hydrogen-bond donors (Lipinski definition) is 1. The van der Waals surface area contributed by atoms with E-state index in [9.17, 15) is 10.1 Å². The van der Waals surface area contributed by atoms with Crippen molar-refractivity contribution in [1.29, 1.82) is 5.26 Å². The van der Waals surface area contributed by atoms with E-state index in [1.165, 1.54) is 6.07 Å². The molecule has 4 nitrogen and oxygen atoms in total. The van der Waals surface area contributed by atoms with E-state index in [1.54, 1.807) is 18.2 Å². The molecule has 0 saturated carbocycles. The van der Waals surface area contributed by atoms with Crippen molar-refractivity contribution in [3.05, 3.63) is 69.2 Å². The standard InChI is InChI=1S/C23H21Cl2N3O/c1-14-12-23(2,3)28(4)21-8-5-15(10-18(14)21)9-16(13-26)22(29)27-20-7-6-17(24)11-19(20)25/h5-12H,1-4H3,(H,27,29)/b16-9-. The summed E-state index contributed by atoms with van der Waals surface area (Å²) in [6, 6.07) is 12.6. The van der Waals surface area contributed by atoms with Crippen molar-refractivity contribution >= 4 is 52.1 Å². The maximum atomic E-state index is 12.6. The Labute approximate surface area is 181 Å². The molecule has 1 amide bonds. The Bertz CT molecular complexity index is 1090. The first-order valence-corrected chi connectivity index (χ1v) is 9.84. The smallest absolute Gasteiger partial charge is 0.266 e. The summed E-state index contributed by atoms with van der Waals surface area (Å²) in [7, 11) is 2.06. The summed E-state index contributed by atoms with van der Waals surface area (Å²) >= 11 is 12.0. The SMILES string of the molecule is CC1=CC(C)(C)N(C)c2ccc(/C=C(/C#N)C(=O)Nc3ccc(Cl)cc3Cl)cc21. The summed E-state index contributed by atoms with van der Waals surface area (Å²) in [6.45, 7) is 6.39. The van der Waals surface area contributed by atoms with Gasteiger partial charge in [0.2, 0.25) is 0 Å². The van der Waals surface area contributed by atoms with E-state index in [0.717, 1.165) is 22.4 Å². The molecule has 0 atom stereocenters. The van der Waals surface area contributed by atoms with Gasteiger partial charge >= 0.3 is 0 Å². The first-order valence-electron chi connectivity index (χ1n) is 9.08. The van der Waals surface area contributed by atoms with Gasteiger partial charge in [0, 0.05) is 23.3 Å². The minimum Gasteiger partial charge on any atom is -0.366 e. The first-order chi connectivity index (χ1) is 13.6. The van der Waals surface area contributed by atoms with E-state index >= 15 is 0 Å². The second-order valence-electron chi connectivity index (χ2n) is 7.56. The number of carbonyl (C=O) groups excluding carboxylic acids is 1. The molecule has 0 aliphatic carbocycles. The van der Waals surface area contributed by atoms with E-state index in [1.807, 2.05) is 24.3 Å². The number of carbonyl (C=O) groups is 1. The summed E-state index contributed by atoms with van der Waals surface area (Å²) < 4.78 is 0. The summed E-state index contributed by atoms with van der Waals surface area (Å²) in [5, 5.41) is 12.9. The topological polar surface area (TPSA) is 56.1 Å². The molecule has 0 unspecified atom stereocenters. The minimum atomic E-state index is -0.528. The zero-order chi connectivity index (χ0) is 21.3. The van der Waals surface area contributed by atoms with Gasteiger partial charge in [-0.05, 0) is 68.3 Å². The van der Waals surface area contributed by atoms with Crippen molar-refractivity contribution in [3.63, 3.8) is 0 Å². The molecule has 148 valence electrons. The number of nitrogens with one attached hydrogen (secondary N) is 1. The van der Waals surface area contributed by atoms with E-state index < -0.39 is 5.91 Å². The van der Waals surface area contributed by atoms with Gasteiger partial charge in [0.25, 0.3) is 5.91 Å². The normalized spacial score (nSPS) is 15.3. The summed E-state index contributed by atoms with van der Waals surface area (Å²) in [6.07, 6.45) is 3.79. The molecule has 6 heteroatoms. The van der Waals surface area contributed by atoms with Crippen LogP contribution in [-0.2, 0) is 4.79 Å². The van der Waals surface area contributed by atoms with Crippen LogP contribution in [0, 0.1) is 11.3 Å². The highest BCUT2D eigenvalue weighted by atomic mass is 35.5. The Balaban J connectivity index is 1.91. The highest BCUT2D eigenvalue weighted by molar-refractivity contribution is 6.36. The van der Waals surface area contributed by atoms with Gasteiger partial charge in [-0.3, -0.25) is 4.79 Å². The Morgan fingerprint density at radius 2 is 1.93 bits per heavy atom. The molecule has 1 heterocycles. The van der Waals surface area contributed by atoms with Gasteiger partial charge < -0.3 is 10.2 Å². The number of nitriles is 1. The van der Waals surface area contributed by atoms with Crippen molar-refractivity contribution in [1.82, 2.24) is 0 Å². The molecule has 2 aromatic rings. The molecule has 2 aromatic carbocycles. The molecular formula is C23H21Cl2N3O. The van der Waals surface area contributed by atoms with Crippen LogP contribution in [0.3, 0.4) is 0 Å². The molecule has 29 heavy (non-hydrogen) atoms. The lowest BCUT2D eigenvalue weighted by molar-refractivity contribution is -0.112. The summed E-state index contributed by atoms with van der Waals surface area (Å²) in [5.41, 5.74) is 4.44. The van der Waals surface area contributed by atoms with Crippen molar-refractivity contribution in [2.45, 2.75) is 26.3 Å². The van der Waals surface area contributed by atoms with Gasteiger partial charge in [0.05, 0.1) is 16.2 Å². The third kappa shape index (κ3) is 4.32. The summed E-state index contributed by atoms with van der Waals surface area (Å²) in [5.74, 6) is -0.528. The number of allylic oxidation sites excluding steroid dienone is 1. The number of hydrogen-bond acceptors (Lipinski definition) is 3. The number of amides is 1. The van der Waals surface area contributed by atoms with Gasteiger partial charge in [-0.25, -0.2) is 0 Å². The highest BCUT2D eigenvalue weighted by Crippen LogP contribution is 2.38. The third-order valence-electron chi connectivity index (χ3n) is 5.10. The number of benzene rings is 2. The van der Waals surface area contributed by atoms with Crippen LogP contribution >= 0.6 is 23.2 Å². The number of halogens is 2. The van der Waals surface area contributed by atoms with Crippen molar-refractivity contribution in [2.75, 3.05) is 17.3 Å². The number of likely N-dealkylation sites (N-methyl/N-ethyl adjacent to an activating group) is 1.